The molecule has 1 aromatic heterocycles. The van der Waals surface area contributed by atoms with Crippen molar-refractivity contribution in [3.63, 3.8) is 0 Å². The van der Waals surface area contributed by atoms with Gasteiger partial charge in [0.25, 0.3) is 0 Å². The molecule has 3 rings (SSSR count). The van der Waals surface area contributed by atoms with Crippen LogP contribution in [0.25, 0.3) is 11.4 Å². The Balaban J connectivity index is 1.98. The zero-order chi connectivity index (χ0) is 18.5. The van der Waals surface area contributed by atoms with Crippen molar-refractivity contribution >= 4 is 17.3 Å². The van der Waals surface area contributed by atoms with E-state index in [0.717, 1.165) is 11.3 Å². The van der Waals surface area contributed by atoms with E-state index >= 15 is 0 Å². The van der Waals surface area contributed by atoms with E-state index in [-0.39, 0.29) is 0 Å². The molecule has 0 aliphatic rings. The molecule has 0 amide bonds. The summed E-state index contributed by atoms with van der Waals surface area (Å²) in [6.07, 6.45) is 0. The zero-order valence-corrected chi connectivity index (χ0v) is 14.8. The molecule has 0 spiro atoms. The number of nitrogens with zero attached hydrogens (tertiary/aromatic N) is 2. The fourth-order valence-corrected chi connectivity index (χ4v) is 2.52. The van der Waals surface area contributed by atoms with E-state index in [4.69, 9.17) is 19.9 Å². The number of methoxy groups -OCH3 is 3. The van der Waals surface area contributed by atoms with Crippen molar-refractivity contribution in [1.82, 2.24) is 9.97 Å². The fourth-order valence-electron chi connectivity index (χ4n) is 2.52. The Kier molecular flexibility index (Phi) is 5.07. The normalized spacial score (nSPS) is 10.3. The first-order chi connectivity index (χ1) is 12.6. The van der Waals surface area contributed by atoms with Crippen LogP contribution in [0.2, 0.25) is 0 Å². The van der Waals surface area contributed by atoms with Crippen molar-refractivity contribution in [3.8, 4) is 28.6 Å². The second kappa shape index (κ2) is 7.60. The summed E-state index contributed by atoms with van der Waals surface area (Å²) in [6, 6.07) is 14.7. The molecule has 0 unspecified atom stereocenters. The highest BCUT2D eigenvalue weighted by molar-refractivity contribution is 5.69. The number of nitrogen functional groups attached to an aromatic ring is 1. The van der Waals surface area contributed by atoms with Crippen LogP contribution < -0.4 is 25.3 Å². The number of anilines is 3. The first-order valence-electron chi connectivity index (χ1n) is 7.91. The molecule has 0 bridgehead atoms. The summed E-state index contributed by atoms with van der Waals surface area (Å²) in [5.41, 5.74) is 7.52. The molecule has 3 aromatic rings. The van der Waals surface area contributed by atoms with E-state index in [1.54, 1.807) is 39.5 Å². The number of aromatic nitrogens is 2. The Hall–Kier alpha value is -3.48. The Morgan fingerprint density at radius 2 is 1.54 bits per heavy atom. The van der Waals surface area contributed by atoms with Crippen LogP contribution in [0.1, 0.15) is 0 Å². The van der Waals surface area contributed by atoms with Crippen molar-refractivity contribution in [2.45, 2.75) is 0 Å². The van der Waals surface area contributed by atoms with Crippen LogP contribution >= 0.6 is 0 Å². The summed E-state index contributed by atoms with van der Waals surface area (Å²) in [5.74, 6) is 3.32. The minimum Gasteiger partial charge on any atom is -0.495 e. The molecular formula is C19H20N4O3. The van der Waals surface area contributed by atoms with E-state index in [1.807, 2.05) is 30.3 Å². The van der Waals surface area contributed by atoms with Crippen LogP contribution in [0.15, 0.2) is 48.5 Å². The summed E-state index contributed by atoms with van der Waals surface area (Å²) in [6.45, 7) is 0. The molecular weight excluding hydrogens is 332 g/mol. The van der Waals surface area contributed by atoms with Gasteiger partial charge in [0, 0.05) is 11.6 Å². The predicted molar refractivity (Wildman–Crippen MR) is 101 cm³/mol. The van der Waals surface area contributed by atoms with Crippen LogP contribution in [0, 0.1) is 0 Å². The van der Waals surface area contributed by atoms with E-state index in [2.05, 4.69) is 15.3 Å². The van der Waals surface area contributed by atoms with Gasteiger partial charge in [0.15, 0.2) is 17.3 Å². The summed E-state index contributed by atoms with van der Waals surface area (Å²) < 4.78 is 16.0. The molecule has 0 atom stereocenters. The first kappa shape index (κ1) is 17.3. The van der Waals surface area contributed by atoms with E-state index in [0.29, 0.717) is 34.7 Å². The van der Waals surface area contributed by atoms with Gasteiger partial charge >= 0.3 is 0 Å². The van der Waals surface area contributed by atoms with E-state index in [1.165, 1.54) is 0 Å². The van der Waals surface area contributed by atoms with Gasteiger partial charge in [-0.25, -0.2) is 9.97 Å². The number of nitrogens with one attached hydrogen (secondary N) is 1. The molecule has 0 fully saturated rings. The average molecular weight is 352 g/mol. The van der Waals surface area contributed by atoms with Gasteiger partial charge in [-0.3, -0.25) is 0 Å². The van der Waals surface area contributed by atoms with Crippen LogP contribution in [-0.2, 0) is 0 Å². The van der Waals surface area contributed by atoms with Gasteiger partial charge in [-0.2, -0.15) is 0 Å². The number of hydrogen-bond donors (Lipinski definition) is 2. The van der Waals surface area contributed by atoms with E-state index < -0.39 is 0 Å². The van der Waals surface area contributed by atoms with Gasteiger partial charge in [-0.15, -0.1) is 0 Å². The topological polar surface area (TPSA) is 91.5 Å². The largest absolute Gasteiger partial charge is 0.495 e. The molecule has 0 aliphatic heterocycles. The first-order valence-corrected chi connectivity index (χ1v) is 7.91. The number of para-hydroxylation sites is 2. The maximum absolute atomic E-state index is 5.97. The summed E-state index contributed by atoms with van der Waals surface area (Å²) in [5, 5.41) is 3.21. The standard InChI is InChI=1S/C19H20N4O3/c1-24-14-7-5-4-6-13(14)21-18-11-17(20)22-19(23-18)12-8-9-15(25-2)16(10-12)26-3/h4-11H,1-3H3,(H3,20,21,22,23). The molecule has 2 aromatic carbocycles. The average Bonchev–Trinajstić information content (AvgIpc) is 2.67. The third-order valence-electron chi connectivity index (χ3n) is 3.76. The quantitative estimate of drug-likeness (QED) is 0.701. The molecule has 3 N–H and O–H groups in total. The predicted octanol–water partition coefficient (Wildman–Crippen LogP) is 3.50. The van der Waals surface area contributed by atoms with Crippen LogP contribution in [0.4, 0.5) is 17.3 Å². The van der Waals surface area contributed by atoms with Crippen molar-refractivity contribution in [2.24, 2.45) is 0 Å². The lowest BCUT2D eigenvalue weighted by molar-refractivity contribution is 0.355. The van der Waals surface area contributed by atoms with Crippen molar-refractivity contribution in [2.75, 3.05) is 32.4 Å². The fraction of sp³-hybridized carbons (Fsp3) is 0.158. The Morgan fingerprint density at radius 1 is 0.808 bits per heavy atom. The van der Waals surface area contributed by atoms with Gasteiger partial charge in [0.1, 0.15) is 17.4 Å². The molecule has 1 heterocycles. The van der Waals surface area contributed by atoms with Gasteiger partial charge < -0.3 is 25.3 Å². The van der Waals surface area contributed by atoms with Crippen molar-refractivity contribution < 1.29 is 14.2 Å². The second-order valence-electron chi connectivity index (χ2n) is 5.40. The number of rotatable bonds is 6. The van der Waals surface area contributed by atoms with Gasteiger partial charge in [0.05, 0.1) is 27.0 Å². The minimum absolute atomic E-state index is 0.349. The Morgan fingerprint density at radius 3 is 2.27 bits per heavy atom. The molecule has 134 valence electrons. The van der Waals surface area contributed by atoms with Gasteiger partial charge in [-0.05, 0) is 30.3 Å². The summed E-state index contributed by atoms with van der Waals surface area (Å²) >= 11 is 0. The van der Waals surface area contributed by atoms with E-state index in [9.17, 15) is 0 Å². The highest BCUT2D eigenvalue weighted by Gasteiger charge is 2.11. The maximum Gasteiger partial charge on any atom is 0.163 e. The molecule has 0 saturated heterocycles. The highest BCUT2D eigenvalue weighted by atomic mass is 16.5. The van der Waals surface area contributed by atoms with Gasteiger partial charge in [0.2, 0.25) is 0 Å². The molecule has 26 heavy (non-hydrogen) atoms. The van der Waals surface area contributed by atoms with Crippen LogP contribution in [-0.4, -0.2) is 31.3 Å². The highest BCUT2D eigenvalue weighted by Crippen LogP contribution is 2.32. The van der Waals surface area contributed by atoms with Gasteiger partial charge in [-0.1, -0.05) is 12.1 Å². The molecule has 0 radical (unpaired) electrons. The summed E-state index contributed by atoms with van der Waals surface area (Å²) in [4.78, 5) is 8.87. The molecule has 7 nitrogen and oxygen atoms in total. The Labute approximate surface area is 151 Å². The zero-order valence-electron chi connectivity index (χ0n) is 14.8. The molecule has 0 saturated carbocycles. The minimum atomic E-state index is 0.349. The number of nitrogens with two attached hydrogens (primary N) is 1. The third-order valence-corrected chi connectivity index (χ3v) is 3.76. The SMILES string of the molecule is COc1ccccc1Nc1cc(N)nc(-c2ccc(OC)c(OC)c2)n1. The second-order valence-corrected chi connectivity index (χ2v) is 5.40. The van der Waals surface area contributed by atoms with Crippen LogP contribution in [0.3, 0.4) is 0 Å². The third kappa shape index (κ3) is 3.61. The monoisotopic (exact) mass is 352 g/mol. The molecule has 0 aliphatic carbocycles. The Bertz CT molecular complexity index is 915. The lowest BCUT2D eigenvalue weighted by Gasteiger charge is -2.12. The van der Waals surface area contributed by atoms with Crippen molar-refractivity contribution in [1.29, 1.82) is 0 Å². The smallest absolute Gasteiger partial charge is 0.163 e. The van der Waals surface area contributed by atoms with Crippen LogP contribution in [0.5, 0.6) is 17.2 Å². The number of ether oxygens (including phenoxy) is 3. The maximum atomic E-state index is 5.97. The molecule has 7 heteroatoms. The number of benzene rings is 2. The number of hydrogen-bond acceptors (Lipinski definition) is 7. The van der Waals surface area contributed by atoms with Crippen molar-refractivity contribution in [3.05, 3.63) is 48.5 Å². The summed E-state index contributed by atoms with van der Waals surface area (Å²) in [7, 11) is 4.78. The lowest BCUT2D eigenvalue weighted by atomic mass is 10.2. The lowest BCUT2D eigenvalue weighted by Crippen LogP contribution is -2.02.